The summed E-state index contributed by atoms with van der Waals surface area (Å²) in [6, 6.07) is 8.45. The third-order valence-electron chi connectivity index (χ3n) is 5.33. The summed E-state index contributed by atoms with van der Waals surface area (Å²) >= 11 is 0. The van der Waals surface area contributed by atoms with E-state index in [1.54, 1.807) is 30.3 Å². The average molecular weight is 390 g/mol. The Bertz CT molecular complexity index is 788. The highest BCUT2D eigenvalue weighted by molar-refractivity contribution is 7.89. The summed E-state index contributed by atoms with van der Waals surface area (Å²) < 4.78 is 27.2. The van der Waals surface area contributed by atoms with E-state index in [9.17, 15) is 13.2 Å². The van der Waals surface area contributed by atoms with Crippen LogP contribution in [0.15, 0.2) is 35.2 Å². The molecular formula is C20H27N3O3S. The number of sulfonamides is 1. The molecule has 1 amide bonds. The normalized spacial score (nSPS) is 22.8. The van der Waals surface area contributed by atoms with Gasteiger partial charge in [-0.1, -0.05) is 24.1 Å². The maximum atomic E-state index is 13.0. The van der Waals surface area contributed by atoms with E-state index in [1.165, 1.54) is 4.31 Å². The second-order valence-corrected chi connectivity index (χ2v) is 9.11. The van der Waals surface area contributed by atoms with Gasteiger partial charge in [0.2, 0.25) is 15.9 Å². The van der Waals surface area contributed by atoms with Gasteiger partial charge in [0, 0.05) is 39.3 Å². The van der Waals surface area contributed by atoms with Crippen LogP contribution in [-0.2, 0) is 14.8 Å². The van der Waals surface area contributed by atoms with Crippen LogP contribution >= 0.6 is 0 Å². The Labute approximate surface area is 162 Å². The van der Waals surface area contributed by atoms with Crippen molar-refractivity contribution < 1.29 is 13.2 Å². The number of rotatable bonds is 4. The zero-order chi connectivity index (χ0) is 19.3. The van der Waals surface area contributed by atoms with E-state index in [0.29, 0.717) is 32.6 Å². The maximum Gasteiger partial charge on any atom is 0.243 e. The van der Waals surface area contributed by atoms with Gasteiger partial charge in [-0.25, -0.2) is 8.42 Å². The molecular weight excluding hydrogens is 362 g/mol. The van der Waals surface area contributed by atoms with Crippen molar-refractivity contribution in [2.24, 2.45) is 5.92 Å². The van der Waals surface area contributed by atoms with E-state index in [4.69, 9.17) is 6.42 Å². The second-order valence-electron chi connectivity index (χ2n) is 7.17. The van der Waals surface area contributed by atoms with E-state index < -0.39 is 10.0 Å². The van der Waals surface area contributed by atoms with Gasteiger partial charge in [0.05, 0.1) is 17.4 Å². The maximum absolute atomic E-state index is 13.0. The molecule has 0 radical (unpaired) electrons. The first-order chi connectivity index (χ1) is 13.0. The van der Waals surface area contributed by atoms with Crippen LogP contribution in [0.1, 0.15) is 19.3 Å². The summed E-state index contributed by atoms with van der Waals surface area (Å²) in [5, 5.41) is 0. The molecule has 146 valence electrons. The molecule has 2 heterocycles. The monoisotopic (exact) mass is 389 g/mol. The Kier molecular flexibility index (Phi) is 6.53. The fourth-order valence-corrected chi connectivity index (χ4v) is 5.39. The molecule has 1 atom stereocenters. The van der Waals surface area contributed by atoms with Crippen LogP contribution in [-0.4, -0.2) is 74.2 Å². The molecule has 7 heteroatoms. The number of hydrogen-bond acceptors (Lipinski definition) is 4. The van der Waals surface area contributed by atoms with Crippen molar-refractivity contribution in [3.05, 3.63) is 30.3 Å². The molecule has 0 saturated carbocycles. The molecule has 0 bridgehead atoms. The van der Waals surface area contributed by atoms with Gasteiger partial charge in [0.1, 0.15) is 0 Å². The Morgan fingerprint density at radius 1 is 1.07 bits per heavy atom. The zero-order valence-electron chi connectivity index (χ0n) is 15.6. The van der Waals surface area contributed by atoms with Gasteiger partial charge < -0.3 is 4.90 Å². The van der Waals surface area contributed by atoms with E-state index in [0.717, 1.165) is 25.9 Å². The topological polar surface area (TPSA) is 60.9 Å². The molecule has 2 aliphatic rings. The molecule has 2 saturated heterocycles. The molecule has 27 heavy (non-hydrogen) atoms. The Morgan fingerprint density at radius 2 is 1.85 bits per heavy atom. The number of benzene rings is 1. The lowest BCUT2D eigenvalue weighted by Gasteiger charge is -2.34. The van der Waals surface area contributed by atoms with Crippen molar-refractivity contribution >= 4 is 15.9 Å². The minimum absolute atomic E-state index is 0.0746. The first-order valence-electron chi connectivity index (χ1n) is 9.52. The fourth-order valence-electron chi connectivity index (χ4n) is 3.84. The predicted octanol–water partition coefficient (Wildman–Crippen LogP) is 1.25. The summed E-state index contributed by atoms with van der Waals surface area (Å²) in [5.41, 5.74) is 0. The summed E-state index contributed by atoms with van der Waals surface area (Å²) in [7, 11) is -3.55. The van der Waals surface area contributed by atoms with Crippen LogP contribution in [0.25, 0.3) is 0 Å². The van der Waals surface area contributed by atoms with Crippen LogP contribution in [0.4, 0.5) is 0 Å². The van der Waals surface area contributed by atoms with E-state index >= 15 is 0 Å². The Hall–Kier alpha value is -1.88. The standard InChI is InChI=1S/C20H27N3O3S/c1-2-11-21-12-7-13-22(16-15-21)20(24)18-8-6-14-23(17-18)27(25,26)19-9-4-3-5-10-19/h1,3-5,9-10,18H,6-8,11-17H2. The predicted molar refractivity (Wildman–Crippen MR) is 104 cm³/mol. The summed E-state index contributed by atoms with van der Waals surface area (Å²) in [4.78, 5) is 17.4. The molecule has 0 aliphatic carbocycles. The number of nitrogens with zero attached hydrogens (tertiary/aromatic N) is 3. The quantitative estimate of drug-likeness (QED) is 0.728. The van der Waals surface area contributed by atoms with Gasteiger partial charge in [0.25, 0.3) is 0 Å². The second kappa shape index (κ2) is 8.87. The van der Waals surface area contributed by atoms with Crippen molar-refractivity contribution in [2.45, 2.75) is 24.2 Å². The smallest absolute Gasteiger partial charge is 0.243 e. The number of amides is 1. The molecule has 6 nitrogen and oxygen atoms in total. The Balaban J connectivity index is 1.66. The van der Waals surface area contributed by atoms with Gasteiger partial charge in [-0.15, -0.1) is 6.42 Å². The third-order valence-corrected chi connectivity index (χ3v) is 7.21. The van der Waals surface area contributed by atoms with Gasteiger partial charge in [0.15, 0.2) is 0 Å². The van der Waals surface area contributed by atoms with Crippen molar-refractivity contribution in [3.63, 3.8) is 0 Å². The first kappa shape index (κ1) is 19.9. The average Bonchev–Trinajstić information content (AvgIpc) is 2.94. The highest BCUT2D eigenvalue weighted by atomic mass is 32.2. The van der Waals surface area contributed by atoms with E-state index in [-0.39, 0.29) is 23.3 Å². The van der Waals surface area contributed by atoms with E-state index in [2.05, 4.69) is 10.8 Å². The first-order valence-corrected chi connectivity index (χ1v) is 11.0. The van der Waals surface area contributed by atoms with Crippen LogP contribution in [0, 0.1) is 18.3 Å². The number of carbonyl (C=O) groups is 1. The Morgan fingerprint density at radius 3 is 2.59 bits per heavy atom. The van der Waals surface area contributed by atoms with Gasteiger partial charge >= 0.3 is 0 Å². The summed E-state index contributed by atoms with van der Waals surface area (Å²) in [5.74, 6) is 2.47. The van der Waals surface area contributed by atoms with Crippen LogP contribution in [0.2, 0.25) is 0 Å². The minimum atomic E-state index is -3.55. The van der Waals surface area contributed by atoms with Crippen molar-refractivity contribution in [1.29, 1.82) is 0 Å². The molecule has 0 N–H and O–H groups in total. The molecule has 1 aromatic carbocycles. The molecule has 3 rings (SSSR count). The molecule has 1 aromatic rings. The zero-order valence-corrected chi connectivity index (χ0v) is 16.4. The highest BCUT2D eigenvalue weighted by Crippen LogP contribution is 2.25. The van der Waals surface area contributed by atoms with Gasteiger partial charge in [-0.3, -0.25) is 9.69 Å². The lowest BCUT2D eigenvalue weighted by molar-refractivity contribution is -0.136. The summed E-state index contributed by atoms with van der Waals surface area (Å²) in [6.45, 7) is 4.37. The number of carbonyl (C=O) groups excluding carboxylic acids is 1. The largest absolute Gasteiger partial charge is 0.341 e. The van der Waals surface area contributed by atoms with Crippen molar-refractivity contribution in [2.75, 3.05) is 45.8 Å². The van der Waals surface area contributed by atoms with E-state index in [1.807, 2.05) is 4.90 Å². The third kappa shape index (κ3) is 4.70. The van der Waals surface area contributed by atoms with Crippen LogP contribution in [0.5, 0.6) is 0 Å². The highest BCUT2D eigenvalue weighted by Gasteiger charge is 2.35. The van der Waals surface area contributed by atoms with Gasteiger partial charge in [-0.2, -0.15) is 4.31 Å². The van der Waals surface area contributed by atoms with Crippen molar-refractivity contribution in [1.82, 2.24) is 14.1 Å². The molecule has 2 fully saturated rings. The fraction of sp³-hybridized carbons (Fsp3) is 0.550. The molecule has 0 spiro atoms. The number of hydrogen-bond donors (Lipinski definition) is 0. The number of piperidine rings is 1. The van der Waals surface area contributed by atoms with Crippen LogP contribution in [0.3, 0.4) is 0 Å². The van der Waals surface area contributed by atoms with Crippen LogP contribution < -0.4 is 0 Å². The molecule has 0 aromatic heterocycles. The lowest BCUT2D eigenvalue weighted by Crippen LogP contribution is -2.47. The summed E-state index contributed by atoms with van der Waals surface area (Å²) in [6.07, 6.45) is 7.73. The lowest BCUT2D eigenvalue weighted by atomic mass is 9.98. The van der Waals surface area contributed by atoms with Crippen molar-refractivity contribution in [3.8, 4) is 12.3 Å². The molecule has 1 unspecified atom stereocenters. The minimum Gasteiger partial charge on any atom is -0.341 e. The van der Waals surface area contributed by atoms with Gasteiger partial charge in [-0.05, 0) is 31.4 Å². The SMILES string of the molecule is C#CCN1CCCN(C(=O)C2CCCN(S(=O)(=O)c3ccccc3)C2)CC1. The number of terminal acetylenes is 1. The molecule has 2 aliphatic heterocycles.